The van der Waals surface area contributed by atoms with Crippen LogP contribution in [0.1, 0.15) is 11.1 Å². The van der Waals surface area contributed by atoms with Gasteiger partial charge in [0.15, 0.2) is 22.9 Å². The second-order valence-corrected chi connectivity index (χ2v) is 7.92. The van der Waals surface area contributed by atoms with Gasteiger partial charge in [0.2, 0.25) is 5.89 Å². The lowest BCUT2D eigenvalue weighted by molar-refractivity contribution is -0.121. The van der Waals surface area contributed by atoms with Gasteiger partial charge in [-0.3, -0.25) is 10.1 Å². The minimum atomic E-state index is -0.370. The first-order chi connectivity index (χ1) is 15.4. The van der Waals surface area contributed by atoms with E-state index in [-0.39, 0.29) is 17.6 Å². The normalized spacial score (nSPS) is 10.7. The van der Waals surface area contributed by atoms with Crippen LogP contribution < -0.4 is 15.4 Å². The lowest BCUT2D eigenvalue weighted by Crippen LogP contribution is -2.37. The SMILES string of the molecule is Cc1cc(-c2nc3ncccc3o2)ccc1NC(=S)NC(=O)COc1ccc(Cl)cc1C. The van der Waals surface area contributed by atoms with Gasteiger partial charge in [0.1, 0.15) is 5.75 Å². The maximum absolute atomic E-state index is 12.2. The van der Waals surface area contributed by atoms with Crippen molar-refractivity contribution in [3.05, 3.63) is 70.9 Å². The van der Waals surface area contributed by atoms with Crippen molar-refractivity contribution < 1.29 is 13.9 Å². The Labute approximate surface area is 194 Å². The lowest BCUT2D eigenvalue weighted by atomic mass is 10.1. The van der Waals surface area contributed by atoms with Gasteiger partial charge in [0.05, 0.1) is 0 Å². The number of aromatic nitrogens is 2. The van der Waals surface area contributed by atoms with Crippen LogP contribution in [0.3, 0.4) is 0 Å². The van der Waals surface area contributed by atoms with Gasteiger partial charge in [0.25, 0.3) is 5.91 Å². The zero-order valence-corrected chi connectivity index (χ0v) is 18.9. The molecule has 0 saturated heterocycles. The summed E-state index contributed by atoms with van der Waals surface area (Å²) in [6.07, 6.45) is 1.67. The minimum Gasteiger partial charge on any atom is -0.483 e. The summed E-state index contributed by atoms with van der Waals surface area (Å²) in [7, 11) is 0. The predicted molar refractivity (Wildman–Crippen MR) is 128 cm³/mol. The Bertz CT molecular complexity index is 1290. The number of anilines is 1. The smallest absolute Gasteiger partial charge is 0.264 e. The molecule has 2 N–H and O–H groups in total. The van der Waals surface area contributed by atoms with Gasteiger partial charge in [0, 0.05) is 22.5 Å². The number of benzene rings is 2. The molecule has 2 heterocycles. The number of fused-ring (bicyclic) bond motifs is 1. The highest BCUT2D eigenvalue weighted by atomic mass is 35.5. The molecule has 0 fully saturated rings. The molecule has 1 amide bonds. The largest absolute Gasteiger partial charge is 0.483 e. The number of carbonyl (C=O) groups is 1. The molecule has 0 saturated carbocycles. The Kier molecular flexibility index (Phi) is 6.34. The molecule has 0 aliphatic carbocycles. The fourth-order valence-electron chi connectivity index (χ4n) is 3.06. The van der Waals surface area contributed by atoms with E-state index < -0.39 is 0 Å². The Morgan fingerprint density at radius 1 is 1.16 bits per heavy atom. The number of carbonyl (C=O) groups excluding carboxylic acids is 1. The fourth-order valence-corrected chi connectivity index (χ4v) is 3.51. The van der Waals surface area contributed by atoms with E-state index in [9.17, 15) is 4.79 Å². The van der Waals surface area contributed by atoms with E-state index in [0.717, 1.165) is 22.4 Å². The Morgan fingerprint density at radius 2 is 2.00 bits per heavy atom. The highest BCUT2D eigenvalue weighted by Crippen LogP contribution is 2.27. The molecule has 0 spiro atoms. The number of amides is 1. The van der Waals surface area contributed by atoms with E-state index in [1.54, 1.807) is 30.5 Å². The summed E-state index contributed by atoms with van der Waals surface area (Å²) in [6, 6.07) is 14.4. The number of hydrogen-bond acceptors (Lipinski definition) is 6. The first kappa shape index (κ1) is 21.7. The molecule has 32 heavy (non-hydrogen) atoms. The van der Waals surface area contributed by atoms with Crippen molar-refractivity contribution in [1.82, 2.24) is 15.3 Å². The third kappa shape index (κ3) is 5.04. The van der Waals surface area contributed by atoms with E-state index in [4.69, 9.17) is 33.0 Å². The van der Waals surface area contributed by atoms with E-state index in [1.807, 2.05) is 38.1 Å². The molecule has 2 aromatic carbocycles. The number of halogens is 1. The van der Waals surface area contributed by atoms with Crippen molar-refractivity contribution in [2.45, 2.75) is 13.8 Å². The van der Waals surface area contributed by atoms with Gasteiger partial charge in [-0.15, -0.1) is 0 Å². The number of rotatable bonds is 5. The van der Waals surface area contributed by atoms with Crippen molar-refractivity contribution in [1.29, 1.82) is 0 Å². The fraction of sp³-hybridized carbons (Fsp3) is 0.130. The summed E-state index contributed by atoms with van der Waals surface area (Å²) in [4.78, 5) is 20.8. The quantitative estimate of drug-likeness (QED) is 0.398. The average molecular weight is 467 g/mol. The number of oxazole rings is 1. The van der Waals surface area contributed by atoms with Gasteiger partial charge in [-0.2, -0.15) is 4.98 Å². The van der Waals surface area contributed by atoms with Gasteiger partial charge < -0.3 is 14.5 Å². The third-order valence-electron chi connectivity index (χ3n) is 4.64. The van der Waals surface area contributed by atoms with Crippen LogP contribution in [0.2, 0.25) is 5.02 Å². The predicted octanol–water partition coefficient (Wildman–Crippen LogP) is 5.05. The summed E-state index contributed by atoms with van der Waals surface area (Å²) in [6.45, 7) is 3.60. The molecular formula is C23H19ClN4O3S. The topological polar surface area (TPSA) is 89.3 Å². The lowest BCUT2D eigenvalue weighted by Gasteiger charge is -2.13. The van der Waals surface area contributed by atoms with E-state index in [2.05, 4.69) is 20.6 Å². The number of nitrogens with zero attached hydrogens (tertiary/aromatic N) is 2. The van der Waals surface area contributed by atoms with Gasteiger partial charge in [-0.1, -0.05) is 11.6 Å². The van der Waals surface area contributed by atoms with Crippen molar-refractivity contribution in [3.8, 4) is 17.2 Å². The van der Waals surface area contributed by atoms with Crippen molar-refractivity contribution >= 4 is 51.8 Å². The summed E-state index contributed by atoms with van der Waals surface area (Å²) in [5.41, 5.74) is 4.50. The van der Waals surface area contributed by atoms with Crippen LogP contribution >= 0.6 is 23.8 Å². The van der Waals surface area contributed by atoms with Crippen molar-refractivity contribution in [2.24, 2.45) is 0 Å². The second kappa shape index (κ2) is 9.33. The standard InChI is InChI=1S/C23H19ClN4O3S/c1-13-10-15(22-28-21-19(31-22)4-3-9-25-21)5-7-17(13)26-23(32)27-20(29)12-30-18-8-6-16(24)11-14(18)2/h3-11H,12H2,1-2H3,(H2,26,27,29,32). The van der Waals surface area contributed by atoms with Crippen LogP contribution in [0.15, 0.2) is 59.1 Å². The van der Waals surface area contributed by atoms with Crippen molar-refractivity contribution in [3.63, 3.8) is 0 Å². The molecule has 7 nitrogen and oxygen atoms in total. The summed E-state index contributed by atoms with van der Waals surface area (Å²) in [5, 5.41) is 6.42. The monoisotopic (exact) mass is 466 g/mol. The van der Waals surface area contributed by atoms with Gasteiger partial charge >= 0.3 is 0 Å². The van der Waals surface area contributed by atoms with Crippen LogP contribution in [0.4, 0.5) is 5.69 Å². The summed E-state index contributed by atoms with van der Waals surface area (Å²) < 4.78 is 11.3. The molecule has 0 aliphatic rings. The molecule has 2 aromatic heterocycles. The number of hydrogen-bond donors (Lipinski definition) is 2. The first-order valence-corrected chi connectivity index (χ1v) is 10.5. The Balaban J connectivity index is 1.36. The summed E-state index contributed by atoms with van der Waals surface area (Å²) in [5.74, 6) is 0.702. The zero-order chi connectivity index (χ0) is 22.7. The minimum absolute atomic E-state index is 0.173. The molecule has 0 bridgehead atoms. The number of ether oxygens (including phenoxy) is 1. The third-order valence-corrected chi connectivity index (χ3v) is 5.07. The van der Waals surface area contributed by atoms with Crippen LogP contribution in [0.5, 0.6) is 5.75 Å². The Morgan fingerprint density at radius 3 is 2.75 bits per heavy atom. The maximum atomic E-state index is 12.2. The molecule has 0 aliphatic heterocycles. The van der Waals surface area contributed by atoms with Crippen LogP contribution in [-0.4, -0.2) is 27.6 Å². The highest BCUT2D eigenvalue weighted by Gasteiger charge is 2.12. The average Bonchev–Trinajstić information content (AvgIpc) is 3.19. The molecule has 0 unspecified atom stereocenters. The molecule has 0 atom stereocenters. The van der Waals surface area contributed by atoms with Crippen LogP contribution in [0, 0.1) is 13.8 Å². The Hall–Kier alpha value is -3.49. The van der Waals surface area contributed by atoms with E-state index >= 15 is 0 Å². The molecule has 4 aromatic rings. The molecule has 4 rings (SSSR count). The summed E-state index contributed by atoms with van der Waals surface area (Å²) >= 11 is 11.2. The highest BCUT2D eigenvalue weighted by molar-refractivity contribution is 7.80. The first-order valence-electron chi connectivity index (χ1n) is 9.71. The second-order valence-electron chi connectivity index (χ2n) is 7.07. The van der Waals surface area contributed by atoms with Crippen LogP contribution in [0.25, 0.3) is 22.7 Å². The number of aryl methyl sites for hydroxylation is 2. The molecule has 162 valence electrons. The molecule has 9 heteroatoms. The van der Waals surface area contributed by atoms with Crippen LogP contribution in [-0.2, 0) is 4.79 Å². The van der Waals surface area contributed by atoms with E-state index in [1.165, 1.54) is 0 Å². The van der Waals surface area contributed by atoms with Gasteiger partial charge in [-0.05, 0) is 85.7 Å². The maximum Gasteiger partial charge on any atom is 0.264 e. The number of pyridine rings is 1. The van der Waals surface area contributed by atoms with Crippen molar-refractivity contribution in [2.75, 3.05) is 11.9 Å². The zero-order valence-electron chi connectivity index (χ0n) is 17.3. The van der Waals surface area contributed by atoms with Gasteiger partial charge in [-0.25, -0.2) is 4.98 Å². The van der Waals surface area contributed by atoms with E-state index in [0.29, 0.717) is 27.9 Å². The molecule has 0 radical (unpaired) electrons. The molecular weight excluding hydrogens is 448 g/mol. The number of thiocarbonyl (C=S) groups is 1. The number of nitrogens with one attached hydrogen (secondary N) is 2.